The molecule has 4 rings (SSSR count). The number of methoxy groups -OCH3 is 1. The maximum absolute atomic E-state index is 12.3. The molecular formula is C26H22N4O5S. The third kappa shape index (κ3) is 6.80. The average Bonchev–Trinajstić information content (AvgIpc) is 3.24. The second-order valence-electron chi connectivity index (χ2n) is 7.55. The number of nitrogens with one attached hydrogen (secondary N) is 2. The number of ether oxygens (including phenoxy) is 2. The Morgan fingerprint density at radius 3 is 2.39 bits per heavy atom. The number of amidine groups is 1. The third-order valence-corrected chi connectivity index (χ3v) is 6.05. The van der Waals surface area contributed by atoms with Gasteiger partial charge in [-0.25, -0.2) is 4.79 Å². The van der Waals surface area contributed by atoms with Gasteiger partial charge in [-0.3, -0.25) is 9.59 Å². The van der Waals surface area contributed by atoms with Gasteiger partial charge in [-0.15, -0.1) is 5.10 Å². The Balaban J connectivity index is 1.27. The number of benzene rings is 3. The van der Waals surface area contributed by atoms with Gasteiger partial charge in [0.15, 0.2) is 5.17 Å². The zero-order chi connectivity index (χ0) is 25.3. The minimum Gasteiger partial charge on any atom is -0.497 e. The molecule has 182 valence electrons. The van der Waals surface area contributed by atoms with Crippen LogP contribution in [0.5, 0.6) is 11.5 Å². The second kappa shape index (κ2) is 11.8. The molecule has 2 N–H and O–H groups in total. The highest BCUT2D eigenvalue weighted by Gasteiger charge is 2.32. The van der Waals surface area contributed by atoms with Crippen LogP contribution >= 0.6 is 11.8 Å². The van der Waals surface area contributed by atoms with Crippen molar-refractivity contribution in [2.24, 2.45) is 10.2 Å². The van der Waals surface area contributed by atoms with Crippen molar-refractivity contribution in [1.29, 1.82) is 0 Å². The molecule has 0 aliphatic carbocycles. The van der Waals surface area contributed by atoms with Gasteiger partial charge in [0.05, 0.1) is 18.9 Å². The fraction of sp³-hybridized carbons (Fsp3) is 0.115. The summed E-state index contributed by atoms with van der Waals surface area (Å²) < 4.78 is 10.4. The summed E-state index contributed by atoms with van der Waals surface area (Å²) >= 11 is 1.14. The van der Waals surface area contributed by atoms with E-state index < -0.39 is 11.2 Å². The molecule has 9 nitrogen and oxygen atoms in total. The number of nitrogens with zero attached hydrogens (tertiary/aromatic N) is 2. The Hall–Kier alpha value is -4.44. The van der Waals surface area contributed by atoms with Crippen LogP contribution < -0.4 is 20.1 Å². The van der Waals surface area contributed by atoms with E-state index in [1.165, 1.54) is 6.21 Å². The molecule has 0 bridgehead atoms. The predicted molar refractivity (Wildman–Crippen MR) is 139 cm³/mol. The summed E-state index contributed by atoms with van der Waals surface area (Å²) in [6.07, 6.45) is 1.50. The maximum atomic E-state index is 12.3. The fourth-order valence-electron chi connectivity index (χ4n) is 3.15. The van der Waals surface area contributed by atoms with Crippen molar-refractivity contribution in [2.75, 3.05) is 12.4 Å². The molecular weight excluding hydrogens is 480 g/mol. The van der Waals surface area contributed by atoms with Crippen molar-refractivity contribution in [2.45, 2.75) is 11.7 Å². The van der Waals surface area contributed by atoms with E-state index in [2.05, 4.69) is 20.8 Å². The summed E-state index contributed by atoms with van der Waals surface area (Å²) in [6.45, 7) is 0. The van der Waals surface area contributed by atoms with Crippen LogP contribution in [-0.2, 0) is 9.59 Å². The molecule has 0 saturated carbocycles. The molecule has 10 heteroatoms. The van der Waals surface area contributed by atoms with Gasteiger partial charge in [-0.05, 0) is 66.2 Å². The Labute approximate surface area is 211 Å². The van der Waals surface area contributed by atoms with Crippen LogP contribution in [-0.4, -0.2) is 41.5 Å². The maximum Gasteiger partial charge on any atom is 0.343 e. The first kappa shape index (κ1) is 24.7. The van der Waals surface area contributed by atoms with Crippen molar-refractivity contribution in [3.8, 4) is 11.5 Å². The van der Waals surface area contributed by atoms with Gasteiger partial charge in [0.2, 0.25) is 11.8 Å². The smallest absolute Gasteiger partial charge is 0.343 e. The Kier molecular flexibility index (Phi) is 8.09. The SMILES string of the molecule is COc1ccc(NC(=O)CC2S/C(=N/N=C/c3ccc(OC(=O)c4ccccc4)cc3)NC2=O)cc1. The van der Waals surface area contributed by atoms with E-state index in [-0.39, 0.29) is 18.2 Å². The number of hydrogen-bond acceptors (Lipinski definition) is 8. The average molecular weight is 503 g/mol. The number of thioether (sulfide) groups is 1. The molecule has 1 aliphatic heterocycles. The van der Waals surface area contributed by atoms with Crippen LogP contribution in [0.2, 0.25) is 0 Å². The lowest BCUT2D eigenvalue weighted by molar-refractivity contribution is -0.122. The Morgan fingerprint density at radius 2 is 1.69 bits per heavy atom. The summed E-state index contributed by atoms with van der Waals surface area (Å²) in [5, 5.41) is 13.1. The van der Waals surface area contributed by atoms with Crippen molar-refractivity contribution in [3.63, 3.8) is 0 Å². The molecule has 3 aromatic rings. The van der Waals surface area contributed by atoms with E-state index in [0.717, 1.165) is 17.3 Å². The van der Waals surface area contributed by atoms with Crippen molar-refractivity contribution >= 4 is 46.6 Å². The molecule has 2 amide bonds. The number of hydrogen-bond donors (Lipinski definition) is 2. The normalized spacial score (nSPS) is 16.1. The Bertz CT molecular complexity index is 1290. The molecule has 1 unspecified atom stereocenters. The van der Waals surface area contributed by atoms with Gasteiger partial charge in [-0.1, -0.05) is 30.0 Å². The van der Waals surface area contributed by atoms with Crippen molar-refractivity contribution < 1.29 is 23.9 Å². The van der Waals surface area contributed by atoms with E-state index in [4.69, 9.17) is 9.47 Å². The standard InChI is InChI=1S/C26H22N4O5S/c1-34-20-13-9-19(10-14-20)28-23(31)15-22-24(32)29-26(36-22)30-27-16-17-7-11-21(12-8-17)35-25(33)18-5-3-2-4-6-18/h2-14,16,22H,15H2,1H3,(H,28,31)(H,29,30,32)/b27-16+. The summed E-state index contributed by atoms with van der Waals surface area (Å²) in [5.41, 5.74) is 1.80. The second-order valence-corrected chi connectivity index (χ2v) is 8.74. The summed E-state index contributed by atoms with van der Waals surface area (Å²) in [4.78, 5) is 36.6. The Morgan fingerprint density at radius 1 is 1.00 bits per heavy atom. The third-order valence-electron chi connectivity index (χ3n) is 4.98. The number of rotatable bonds is 8. The van der Waals surface area contributed by atoms with Crippen LogP contribution in [0.1, 0.15) is 22.3 Å². The van der Waals surface area contributed by atoms with E-state index in [0.29, 0.717) is 27.9 Å². The zero-order valence-electron chi connectivity index (χ0n) is 19.2. The number of carbonyl (C=O) groups is 3. The molecule has 1 atom stereocenters. The molecule has 0 radical (unpaired) electrons. The highest BCUT2D eigenvalue weighted by molar-refractivity contribution is 8.15. The molecule has 1 aliphatic rings. The lowest BCUT2D eigenvalue weighted by atomic mass is 10.2. The first-order valence-electron chi connectivity index (χ1n) is 10.9. The largest absolute Gasteiger partial charge is 0.497 e. The highest BCUT2D eigenvalue weighted by atomic mass is 32.2. The molecule has 1 saturated heterocycles. The van der Waals surface area contributed by atoms with Crippen LogP contribution in [0.15, 0.2) is 89.1 Å². The molecule has 0 aromatic heterocycles. The van der Waals surface area contributed by atoms with Gasteiger partial charge in [0.25, 0.3) is 0 Å². The van der Waals surface area contributed by atoms with Gasteiger partial charge in [0.1, 0.15) is 16.7 Å². The summed E-state index contributed by atoms with van der Waals surface area (Å²) in [5.74, 6) is 0.0583. The monoisotopic (exact) mass is 502 g/mol. The topological polar surface area (TPSA) is 118 Å². The zero-order valence-corrected chi connectivity index (χ0v) is 20.0. The minimum atomic E-state index is -0.601. The van der Waals surface area contributed by atoms with E-state index in [9.17, 15) is 14.4 Å². The summed E-state index contributed by atoms with van der Waals surface area (Å²) in [7, 11) is 1.56. The van der Waals surface area contributed by atoms with Gasteiger partial charge >= 0.3 is 5.97 Å². The minimum absolute atomic E-state index is 0.00553. The van der Waals surface area contributed by atoms with Crippen LogP contribution in [0.3, 0.4) is 0 Å². The number of amides is 2. The van der Waals surface area contributed by atoms with Crippen LogP contribution in [0.25, 0.3) is 0 Å². The fourth-order valence-corrected chi connectivity index (χ4v) is 4.08. The molecule has 0 spiro atoms. The van der Waals surface area contributed by atoms with Crippen molar-refractivity contribution in [3.05, 3.63) is 90.0 Å². The number of anilines is 1. The first-order valence-corrected chi connectivity index (χ1v) is 11.8. The lowest BCUT2D eigenvalue weighted by Gasteiger charge is -2.08. The van der Waals surface area contributed by atoms with Gasteiger partial charge < -0.3 is 20.1 Å². The van der Waals surface area contributed by atoms with Crippen LogP contribution in [0.4, 0.5) is 5.69 Å². The quantitative estimate of drug-likeness (QED) is 0.209. The van der Waals surface area contributed by atoms with Gasteiger partial charge in [-0.2, -0.15) is 5.10 Å². The van der Waals surface area contributed by atoms with E-state index in [1.54, 1.807) is 79.9 Å². The van der Waals surface area contributed by atoms with E-state index in [1.807, 2.05) is 6.07 Å². The highest BCUT2D eigenvalue weighted by Crippen LogP contribution is 2.23. The van der Waals surface area contributed by atoms with Crippen molar-refractivity contribution in [1.82, 2.24) is 5.32 Å². The molecule has 36 heavy (non-hydrogen) atoms. The van der Waals surface area contributed by atoms with Crippen LogP contribution in [0, 0.1) is 0 Å². The van der Waals surface area contributed by atoms with Gasteiger partial charge in [0, 0.05) is 12.1 Å². The summed E-state index contributed by atoms with van der Waals surface area (Å²) in [6, 6.07) is 22.4. The predicted octanol–water partition coefficient (Wildman–Crippen LogP) is 3.86. The lowest BCUT2D eigenvalue weighted by Crippen LogP contribution is -2.28. The molecule has 1 fully saturated rings. The van der Waals surface area contributed by atoms with E-state index >= 15 is 0 Å². The molecule has 1 heterocycles. The number of esters is 1. The first-order chi connectivity index (χ1) is 17.5. The number of carbonyl (C=O) groups excluding carboxylic acids is 3. The molecule has 3 aromatic carbocycles.